The van der Waals surface area contributed by atoms with E-state index in [1.54, 1.807) is 17.0 Å². The third kappa shape index (κ3) is 6.73. The van der Waals surface area contributed by atoms with Gasteiger partial charge in [-0.25, -0.2) is 0 Å². The van der Waals surface area contributed by atoms with Crippen LogP contribution in [0.25, 0.3) is 0 Å². The lowest BCUT2D eigenvalue weighted by Crippen LogP contribution is -3.14. The van der Waals surface area contributed by atoms with Crippen LogP contribution in [0.4, 0.5) is 5.69 Å². The van der Waals surface area contributed by atoms with Crippen LogP contribution < -0.4 is 15.6 Å². The van der Waals surface area contributed by atoms with Crippen LogP contribution in [-0.2, 0) is 4.74 Å². The first kappa shape index (κ1) is 19.2. The summed E-state index contributed by atoms with van der Waals surface area (Å²) in [6, 6.07) is 6.25. The van der Waals surface area contributed by atoms with Crippen molar-refractivity contribution in [3.05, 3.63) is 39.9 Å². The molecule has 0 saturated carbocycles. The van der Waals surface area contributed by atoms with Gasteiger partial charge in [0.1, 0.15) is 13.1 Å². The number of thiocarbonyl (C=S) groups is 1. The van der Waals surface area contributed by atoms with Crippen molar-refractivity contribution in [3.8, 4) is 0 Å². The third-order valence-corrected chi connectivity index (χ3v) is 4.25. The second-order valence-corrected chi connectivity index (χ2v) is 6.24. The summed E-state index contributed by atoms with van der Waals surface area (Å²) in [5.41, 5.74) is 4.37. The number of hydrogen-bond acceptors (Lipinski definition) is 5. The van der Waals surface area contributed by atoms with E-state index < -0.39 is 4.92 Å². The van der Waals surface area contributed by atoms with E-state index in [9.17, 15) is 10.1 Å². The van der Waals surface area contributed by atoms with Crippen LogP contribution in [0.3, 0.4) is 0 Å². The van der Waals surface area contributed by atoms with Crippen molar-refractivity contribution in [1.29, 1.82) is 0 Å². The lowest BCUT2D eigenvalue weighted by Gasteiger charge is -2.23. The number of benzene rings is 1. The molecule has 0 amide bonds. The summed E-state index contributed by atoms with van der Waals surface area (Å²) in [7, 11) is 0. The molecule has 136 valence electrons. The molecule has 0 radical (unpaired) electrons. The van der Waals surface area contributed by atoms with Crippen LogP contribution in [0.2, 0.25) is 0 Å². The van der Waals surface area contributed by atoms with Crippen molar-refractivity contribution in [2.24, 2.45) is 5.10 Å². The maximum atomic E-state index is 10.7. The summed E-state index contributed by atoms with van der Waals surface area (Å²) in [5, 5.41) is 18.5. The lowest BCUT2D eigenvalue weighted by atomic mass is 10.1. The van der Waals surface area contributed by atoms with Gasteiger partial charge in [0, 0.05) is 25.1 Å². The first-order valence-electron chi connectivity index (χ1n) is 8.30. The highest BCUT2D eigenvalue weighted by Gasteiger charge is 2.12. The van der Waals surface area contributed by atoms with Gasteiger partial charge in [0.15, 0.2) is 5.11 Å². The van der Waals surface area contributed by atoms with Gasteiger partial charge in [0.25, 0.3) is 5.69 Å². The minimum absolute atomic E-state index is 0.0593. The summed E-state index contributed by atoms with van der Waals surface area (Å²) in [5.74, 6) is 0. The number of nitrogens with zero attached hydrogens (tertiary/aromatic N) is 2. The monoisotopic (exact) mass is 366 g/mol. The number of non-ortho nitro benzene ring substituents is 1. The Morgan fingerprint density at radius 1 is 1.36 bits per heavy atom. The second-order valence-electron chi connectivity index (χ2n) is 5.83. The standard InChI is InChI=1S/C16H23N5O3S/c1-13(14-3-5-15(6-4-14)21(22)23)18-19-16(25)17-7-2-8-20-9-11-24-12-10-20/h3-6H,2,7-12H2,1H3,(H2,17,19,25)/p+1/b18-13-. The number of nitro benzene ring substituents is 1. The van der Waals surface area contributed by atoms with Gasteiger partial charge in [-0.05, 0) is 36.8 Å². The molecule has 25 heavy (non-hydrogen) atoms. The number of morpholine rings is 1. The predicted octanol–water partition coefficient (Wildman–Crippen LogP) is 0.0881. The van der Waals surface area contributed by atoms with E-state index in [1.807, 2.05) is 6.92 Å². The summed E-state index contributed by atoms with van der Waals surface area (Å²) < 4.78 is 5.34. The molecule has 1 fully saturated rings. The summed E-state index contributed by atoms with van der Waals surface area (Å²) in [4.78, 5) is 11.8. The fourth-order valence-electron chi connectivity index (χ4n) is 2.51. The molecule has 9 heteroatoms. The van der Waals surface area contributed by atoms with E-state index in [-0.39, 0.29) is 5.69 Å². The van der Waals surface area contributed by atoms with Crippen LogP contribution in [-0.4, -0.2) is 55.1 Å². The van der Waals surface area contributed by atoms with Crippen molar-refractivity contribution in [1.82, 2.24) is 10.7 Å². The molecular formula is C16H24N5O3S+. The third-order valence-electron chi connectivity index (χ3n) is 4.01. The minimum atomic E-state index is -0.424. The van der Waals surface area contributed by atoms with Gasteiger partial charge in [-0.3, -0.25) is 15.5 Å². The Kier molecular flexibility index (Phi) is 7.71. The smallest absolute Gasteiger partial charge is 0.269 e. The molecule has 1 aromatic carbocycles. The van der Waals surface area contributed by atoms with Crippen molar-refractivity contribution in [2.45, 2.75) is 13.3 Å². The highest BCUT2D eigenvalue weighted by atomic mass is 32.1. The van der Waals surface area contributed by atoms with Gasteiger partial charge >= 0.3 is 0 Å². The molecule has 0 spiro atoms. The highest BCUT2D eigenvalue weighted by Crippen LogP contribution is 2.12. The average Bonchev–Trinajstić information content (AvgIpc) is 2.64. The number of hydrazone groups is 1. The van der Waals surface area contributed by atoms with Crippen molar-refractivity contribution in [2.75, 3.05) is 39.4 Å². The molecule has 0 aromatic heterocycles. The molecule has 1 aliphatic rings. The van der Waals surface area contributed by atoms with Crippen molar-refractivity contribution >= 4 is 28.7 Å². The molecule has 8 nitrogen and oxygen atoms in total. The van der Waals surface area contributed by atoms with E-state index in [0.717, 1.165) is 51.4 Å². The van der Waals surface area contributed by atoms with Crippen LogP contribution >= 0.6 is 12.2 Å². The molecule has 0 aliphatic carbocycles. The van der Waals surface area contributed by atoms with Crippen LogP contribution in [0, 0.1) is 10.1 Å². The Morgan fingerprint density at radius 2 is 2.04 bits per heavy atom. The zero-order valence-electron chi connectivity index (χ0n) is 14.3. The SMILES string of the molecule is C/C(=N/NC(=S)NCCC[NH+]1CCOCC1)c1ccc([N+](=O)[O-])cc1. The quantitative estimate of drug-likeness (QED) is 0.208. The fraction of sp³-hybridized carbons (Fsp3) is 0.500. The van der Waals surface area contributed by atoms with Gasteiger partial charge in [0.05, 0.1) is 30.4 Å². The van der Waals surface area contributed by atoms with Gasteiger partial charge in [0.2, 0.25) is 0 Å². The minimum Gasteiger partial charge on any atom is -0.370 e. The largest absolute Gasteiger partial charge is 0.370 e. The Labute approximate surface area is 152 Å². The molecular weight excluding hydrogens is 342 g/mol. The van der Waals surface area contributed by atoms with E-state index >= 15 is 0 Å². The van der Waals surface area contributed by atoms with Crippen molar-refractivity contribution in [3.63, 3.8) is 0 Å². The number of nitrogens with one attached hydrogen (secondary N) is 3. The molecule has 1 saturated heterocycles. The van der Waals surface area contributed by atoms with Crippen LogP contribution in [0.1, 0.15) is 18.9 Å². The van der Waals surface area contributed by atoms with Gasteiger partial charge < -0.3 is 15.0 Å². The number of hydrogen-bond donors (Lipinski definition) is 3. The molecule has 1 aliphatic heterocycles. The summed E-state index contributed by atoms with van der Waals surface area (Å²) in [6.45, 7) is 7.55. The molecule has 3 N–H and O–H groups in total. The lowest BCUT2D eigenvalue weighted by molar-refractivity contribution is -0.908. The molecule has 2 rings (SSSR count). The number of quaternary nitrogens is 1. The van der Waals surface area contributed by atoms with Gasteiger partial charge in [-0.15, -0.1) is 0 Å². The van der Waals surface area contributed by atoms with Crippen molar-refractivity contribution < 1.29 is 14.6 Å². The topological polar surface area (TPSA) is 93.2 Å². The maximum Gasteiger partial charge on any atom is 0.269 e. The number of rotatable bonds is 7. The van der Waals surface area contributed by atoms with E-state index in [4.69, 9.17) is 17.0 Å². The zero-order valence-corrected chi connectivity index (χ0v) is 15.1. The molecule has 1 aromatic rings. The average molecular weight is 366 g/mol. The van der Waals surface area contributed by atoms with Gasteiger partial charge in [-0.2, -0.15) is 5.10 Å². The zero-order chi connectivity index (χ0) is 18.1. The fourth-order valence-corrected chi connectivity index (χ4v) is 2.66. The van der Waals surface area contributed by atoms with Gasteiger partial charge in [-0.1, -0.05) is 0 Å². The highest BCUT2D eigenvalue weighted by molar-refractivity contribution is 7.80. The van der Waals surface area contributed by atoms with E-state index in [2.05, 4.69) is 15.8 Å². The maximum absolute atomic E-state index is 10.7. The Morgan fingerprint density at radius 3 is 2.68 bits per heavy atom. The number of nitro groups is 1. The normalized spacial score (nSPS) is 15.6. The van der Waals surface area contributed by atoms with E-state index in [0.29, 0.717) is 10.8 Å². The van der Waals surface area contributed by atoms with E-state index in [1.165, 1.54) is 12.1 Å². The molecule has 0 unspecified atom stereocenters. The summed E-state index contributed by atoms with van der Waals surface area (Å²) in [6.07, 6.45) is 1.03. The molecule has 0 bridgehead atoms. The molecule has 0 atom stereocenters. The summed E-state index contributed by atoms with van der Waals surface area (Å²) >= 11 is 5.20. The Hall–Kier alpha value is -2.10. The predicted molar refractivity (Wildman–Crippen MR) is 100 cm³/mol. The first-order chi connectivity index (χ1) is 12.1. The second kappa shape index (κ2) is 10.0. The van der Waals surface area contributed by atoms with Crippen LogP contribution in [0.5, 0.6) is 0 Å². The molecule has 1 heterocycles. The first-order valence-corrected chi connectivity index (χ1v) is 8.71. The van der Waals surface area contributed by atoms with Crippen LogP contribution in [0.15, 0.2) is 29.4 Å². The Bertz CT molecular complexity index is 615. The Balaban J connectivity index is 1.68. The number of ether oxygens (including phenoxy) is 1.